The molecule has 1 atom stereocenters. The van der Waals surface area contributed by atoms with Gasteiger partial charge in [0.25, 0.3) is 0 Å². The van der Waals surface area contributed by atoms with E-state index < -0.39 is 35.4 Å². The zero-order valence-corrected chi connectivity index (χ0v) is 21.2. The quantitative estimate of drug-likeness (QED) is 0.229. The van der Waals surface area contributed by atoms with Gasteiger partial charge in [-0.2, -0.15) is 4.39 Å². The summed E-state index contributed by atoms with van der Waals surface area (Å²) in [5.41, 5.74) is 1.15. The second-order valence-electron chi connectivity index (χ2n) is 10.4. The number of hydrogen-bond acceptors (Lipinski definition) is 4. The van der Waals surface area contributed by atoms with Crippen LogP contribution >= 0.6 is 0 Å². The summed E-state index contributed by atoms with van der Waals surface area (Å²) >= 11 is 0. The number of hydrogen-bond donors (Lipinski definition) is 1. The minimum Gasteiger partial charge on any atom is -0.486 e. The molecule has 2 saturated carbocycles. The van der Waals surface area contributed by atoms with Gasteiger partial charge in [0.2, 0.25) is 5.82 Å². The number of aliphatic hydroxyl groups excluding tert-OH is 1. The van der Waals surface area contributed by atoms with Gasteiger partial charge in [0.05, 0.1) is 12.0 Å². The summed E-state index contributed by atoms with van der Waals surface area (Å²) in [5, 5.41) is 9.77. The molecule has 0 amide bonds. The fraction of sp³-hybridized carbons (Fsp3) is 0.500. The molecular weight excluding hydrogens is 481 g/mol. The van der Waals surface area contributed by atoms with E-state index >= 15 is 0 Å². The van der Waals surface area contributed by atoms with E-state index in [1.165, 1.54) is 18.2 Å². The summed E-state index contributed by atoms with van der Waals surface area (Å²) in [5.74, 6) is -3.55. The van der Waals surface area contributed by atoms with E-state index in [4.69, 9.17) is 9.47 Å². The summed E-state index contributed by atoms with van der Waals surface area (Å²) in [6.07, 6.45) is 6.42. The van der Waals surface area contributed by atoms with E-state index in [0.717, 1.165) is 18.4 Å². The lowest BCUT2D eigenvalue weighted by Crippen LogP contribution is -2.26. The molecule has 1 unspecified atom stereocenters. The van der Waals surface area contributed by atoms with Gasteiger partial charge in [-0.05, 0) is 105 Å². The molecule has 0 aliphatic heterocycles. The molecule has 1 N–H and O–H groups in total. The minimum atomic E-state index is -1.13. The minimum absolute atomic E-state index is 0.101. The Morgan fingerprint density at radius 2 is 1.62 bits per heavy atom. The van der Waals surface area contributed by atoms with Gasteiger partial charge in [0, 0.05) is 0 Å². The van der Waals surface area contributed by atoms with Gasteiger partial charge >= 0.3 is 5.97 Å². The van der Waals surface area contributed by atoms with Gasteiger partial charge in [-0.15, -0.1) is 0 Å². The van der Waals surface area contributed by atoms with Crippen LogP contribution in [0, 0.1) is 29.3 Å². The lowest BCUT2D eigenvalue weighted by Gasteiger charge is -2.30. The van der Waals surface area contributed by atoms with Crippen LogP contribution in [0.15, 0.2) is 43.0 Å². The Balaban J connectivity index is 1.33. The predicted octanol–water partition coefficient (Wildman–Crippen LogP) is 7.20. The Kier molecular flexibility index (Phi) is 8.95. The number of benzene rings is 2. The van der Waals surface area contributed by atoms with Crippen molar-refractivity contribution in [3.63, 3.8) is 0 Å². The van der Waals surface area contributed by atoms with E-state index in [2.05, 4.69) is 6.58 Å². The van der Waals surface area contributed by atoms with E-state index in [9.17, 15) is 23.1 Å². The van der Waals surface area contributed by atoms with Gasteiger partial charge in [0.15, 0.2) is 23.1 Å². The summed E-state index contributed by atoms with van der Waals surface area (Å²) in [6, 6.07) is 7.77. The van der Waals surface area contributed by atoms with Crippen LogP contribution in [0.5, 0.6) is 11.5 Å². The van der Waals surface area contributed by atoms with Gasteiger partial charge in [0.1, 0.15) is 6.61 Å². The van der Waals surface area contributed by atoms with Crippen molar-refractivity contribution in [1.29, 1.82) is 0 Å². The summed E-state index contributed by atoms with van der Waals surface area (Å²) in [6.45, 7) is 5.54. The molecule has 0 spiro atoms. The van der Waals surface area contributed by atoms with Crippen molar-refractivity contribution in [2.24, 2.45) is 11.8 Å². The third kappa shape index (κ3) is 6.38. The number of halogens is 3. The van der Waals surface area contributed by atoms with Crippen molar-refractivity contribution in [3.8, 4) is 11.5 Å². The molecule has 0 heterocycles. The van der Waals surface area contributed by atoms with Gasteiger partial charge < -0.3 is 14.6 Å². The van der Waals surface area contributed by atoms with Crippen molar-refractivity contribution >= 4 is 5.97 Å². The average molecular weight is 517 g/mol. The number of carbonyl (C=O) groups excluding carboxylic acids is 1. The Morgan fingerprint density at radius 3 is 2.24 bits per heavy atom. The number of carbonyl (C=O) groups is 1. The maximum absolute atomic E-state index is 14.9. The maximum Gasteiger partial charge on any atom is 0.314 e. The van der Waals surface area contributed by atoms with Gasteiger partial charge in [-0.25, -0.2) is 8.78 Å². The van der Waals surface area contributed by atoms with Crippen LogP contribution in [0.2, 0.25) is 0 Å². The van der Waals surface area contributed by atoms with Crippen molar-refractivity contribution in [2.45, 2.75) is 76.2 Å². The molecule has 0 aromatic heterocycles. The van der Waals surface area contributed by atoms with Crippen LogP contribution in [0.3, 0.4) is 0 Å². The zero-order chi connectivity index (χ0) is 26.5. The van der Waals surface area contributed by atoms with Gasteiger partial charge in [-0.1, -0.05) is 24.8 Å². The monoisotopic (exact) mass is 516 g/mol. The zero-order valence-electron chi connectivity index (χ0n) is 21.2. The molecule has 4 nitrogen and oxygen atoms in total. The lowest BCUT2D eigenvalue weighted by molar-refractivity contribution is -0.140. The highest BCUT2D eigenvalue weighted by atomic mass is 19.2. The molecule has 4 rings (SSSR count). The molecule has 0 saturated heterocycles. The highest BCUT2D eigenvalue weighted by molar-refractivity contribution is 5.75. The van der Waals surface area contributed by atoms with Crippen molar-refractivity contribution in [1.82, 2.24) is 0 Å². The van der Waals surface area contributed by atoms with Crippen molar-refractivity contribution in [2.75, 3.05) is 6.61 Å². The molecule has 37 heavy (non-hydrogen) atoms. The Labute approximate surface area is 216 Å². The number of esters is 1. The first-order valence-corrected chi connectivity index (χ1v) is 13.2. The maximum atomic E-state index is 14.9. The van der Waals surface area contributed by atoms with E-state index in [1.807, 2.05) is 6.07 Å². The summed E-state index contributed by atoms with van der Waals surface area (Å²) < 4.78 is 54.7. The van der Waals surface area contributed by atoms with Crippen LogP contribution in [0.25, 0.3) is 0 Å². The van der Waals surface area contributed by atoms with Crippen LogP contribution in [-0.4, -0.2) is 23.8 Å². The Hall–Kier alpha value is -2.80. The van der Waals surface area contributed by atoms with Crippen LogP contribution < -0.4 is 9.47 Å². The average Bonchev–Trinajstić information content (AvgIpc) is 2.91. The summed E-state index contributed by atoms with van der Waals surface area (Å²) in [4.78, 5) is 12.7. The second kappa shape index (κ2) is 12.2. The molecule has 2 fully saturated rings. The topological polar surface area (TPSA) is 55.8 Å². The first-order chi connectivity index (χ1) is 17.8. The standard InChI is InChI=1S/C30H35F3O4/c1-3-16-36-26-14-12-23(17-25(26)31)20-6-10-22(11-7-20)30(35)37-27-15-13-24(28(32)29(27)33)21-8-4-19(5-9-21)18(2)34/h3,12-15,17-22,34H,1,4-11,16H2,2H3. The molecule has 2 aliphatic rings. The van der Waals surface area contributed by atoms with Crippen molar-refractivity contribution in [3.05, 3.63) is 71.6 Å². The van der Waals surface area contributed by atoms with Crippen molar-refractivity contribution < 1.29 is 32.5 Å². The van der Waals surface area contributed by atoms with Crippen LogP contribution in [-0.2, 0) is 4.79 Å². The Bertz CT molecular complexity index is 1100. The van der Waals surface area contributed by atoms with Crippen LogP contribution in [0.1, 0.15) is 81.3 Å². The lowest BCUT2D eigenvalue weighted by atomic mass is 9.77. The fourth-order valence-electron chi connectivity index (χ4n) is 5.74. The third-order valence-electron chi connectivity index (χ3n) is 8.03. The molecule has 0 radical (unpaired) electrons. The largest absolute Gasteiger partial charge is 0.486 e. The first-order valence-electron chi connectivity index (χ1n) is 13.2. The predicted molar refractivity (Wildman–Crippen MR) is 135 cm³/mol. The van der Waals surface area contributed by atoms with E-state index in [-0.39, 0.29) is 35.9 Å². The SMILES string of the molecule is C=CCOc1ccc(C2CCC(C(=O)Oc3ccc(C4CCC(C(C)O)CC4)c(F)c3F)CC2)cc1F. The fourth-order valence-corrected chi connectivity index (χ4v) is 5.74. The molecule has 2 aliphatic carbocycles. The highest BCUT2D eigenvalue weighted by Gasteiger charge is 2.31. The van der Waals surface area contributed by atoms with E-state index in [0.29, 0.717) is 44.1 Å². The van der Waals surface area contributed by atoms with E-state index in [1.54, 1.807) is 19.1 Å². The van der Waals surface area contributed by atoms with Gasteiger partial charge in [-0.3, -0.25) is 4.79 Å². The molecular formula is C30H35F3O4. The second-order valence-corrected chi connectivity index (χ2v) is 10.4. The normalized spacial score (nSPS) is 24.8. The van der Waals surface area contributed by atoms with Crippen LogP contribution in [0.4, 0.5) is 13.2 Å². The third-order valence-corrected chi connectivity index (χ3v) is 8.03. The molecule has 0 bridgehead atoms. The first kappa shape index (κ1) is 27.2. The molecule has 2 aromatic carbocycles. The molecule has 2 aromatic rings. The summed E-state index contributed by atoms with van der Waals surface area (Å²) in [7, 11) is 0. The number of aliphatic hydroxyl groups is 1. The number of ether oxygens (including phenoxy) is 2. The smallest absolute Gasteiger partial charge is 0.314 e. The highest BCUT2D eigenvalue weighted by Crippen LogP contribution is 2.41. The molecule has 7 heteroatoms. The molecule has 200 valence electrons. The Morgan fingerprint density at radius 1 is 0.973 bits per heavy atom. The number of rotatable bonds is 8.